The second kappa shape index (κ2) is 5.90. The van der Waals surface area contributed by atoms with Crippen molar-refractivity contribution in [3.05, 3.63) is 51.6 Å². The topological polar surface area (TPSA) is 59.3 Å². The van der Waals surface area contributed by atoms with Gasteiger partial charge in [0.2, 0.25) is 10.0 Å². The SMILES string of the molecule is Cc1cc(C(C)NS(=O)(=O)c2ccc(Br)c(F)c2)c(C)o1. The Kier molecular flexibility index (Phi) is 4.55. The first-order valence-corrected chi connectivity index (χ1v) is 8.52. The molecule has 1 atom stereocenters. The zero-order valence-corrected chi connectivity index (χ0v) is 14.2. The summed E-state index contributed by atoms with van der Waals surface area (Å²) >= 11 is 2.99. The molecule has 1 heterocycles. The van der Waals surface area contributed by atoms with Crippen LogP contribution >= 0.6 is 15.9 Å². The smallest absolute Gasteiger partial charge is 0.241 e. The van der Waals surface area contributed by atoms with Gasteiger partial charge < -0.3 is 4.42 Å². The number of hydrogen-bond donors (Lipinski definition) is 1. The number of furan rings is 1. The van der Waals surface area contributed by atoms with Gasteiger partial charge in [-0.15, -0.1) is 0 Å². The summed E-state index contributed by atoms with van der Waals surface area (Å²) < 4.78 is 46.2. The second-order valence-corrected chi connectivity index (χ2v) is 7.36. The molecule has 0 fully saturated rings. The van der Waals surface area contributed by atoms with Crippen LogP contribution < -0.4 is 4.72 Å². The van der Waals surface area contributed by atoms with Gasteiger partial charge >= 0.3 is 0 Å². The highest BCUT2D eigenvalue weighted by molar-refractivity contribution is 9.10. The lowest BCUT2D eigenvalue weighted by Crippen LogP contribution is -2.27. The molecule has 2 aromatic rings. The van der Waals surface area contributed by atoms with E-state index >= 15 is 0 Å². The van der Waals surface area contributed by atoms with E-state index in [9.17, 15) is 12.8 Å². The molecule has 21 heavy (non-hydrogen) atoms. The Morgan fingerprint density at radius 3 is 2.48 bits per heavy atom. The number of rotatable bonds is 4. The van der Waals surface area contributed by atoms with Gasteiger partial charge in [0.15, 0.2) is 0 Å². The van der Waals surface area contributed by atoms with Crippen LogP contribution in [-0.2, 0) is 10.0 Å². The van der Waals surface area contributed by atoms with Crippen LogP contribution in [0.5, 0.6) is 0 Å². The molecule has 0 bridgehead atoms. The Bertz CT molecular complexity index is 771. The molecule has 7 heteroatoms. The van der Waals surface area contributed by atoms with E-state index in [2.05, 4.69) is 20.7 Å². The number of nitrogens with one attached hydrogen (secondary N) is 1. The van der Waals surface area contributed by atoms with Crippen LogP contribution in [-0.4, -0.2) is 8.42 Å². The molecule has 114 valence electrons. The van der Waals surface area contributed by atoms with Crippen LogP contribution in [0.4, 0.5) is 4.39 Å². The van der Waals surface area contributed by atoms with E-state index in [-0.39, 0.29) is 9.37 Å². The van der Waals surface area contributed by atoms with Gasteiger partial charge in [0.1, 0.15) is 17.3 Å². The van der Waals surface area contributed by atoms with E-state index in [1.54, 1.807) is 26.8 Å². The Balaban J connectivity index is 2.28. The van der Waals surface area contributed by atoms with Crippen LogP contribution in [0, 0.1) is 19.7 Å². The van der Waals surface area contributed by atoms with Gasteiger partial charge in [-0.25, -0.2) is 17.5 Å². The van der Waals surface area contributed by atoms with E-state index in [1.807, 2.05) is 0 Å². The summed E-state index contributed by atoms with van der Waals surface area (Å²) in [5.41, 5.74) is 0.758. The van der Waals surface area contributed by atoms with Crippen molar-refractivity contribution in [2.24, 2.45) is 0 Å². The Morgan fingerprint density at radius 2 is 1.95 bits per heavy atom. The predicted molar refractivity (Wildman–Crippen MR) is 81.0 cm³/mol. The lowest BCUT2D eigenvalue weighted by atomic mass is 10.1. The van der Waals surface area contributed by atoms with Gasteiger partial charge in [-0.05, 0) is 61.0 Å². The molecule has 0 aliphatic carbocycles. The van der Waals surface area contributed by atoms with Crippen molar-refractivity contribution in [3.63, 3.8) is 0 Å². The number of aryl methyl sites for hydroxylation is 2. The molecule has 1 aromatic heterocycles. The molecule has 2 rings (SSSR count). The van der Waals surface area contributed by atoms with E-state index in [0.717, 1.165) is 11.6 Å². The van der Waals surface area contributed by atoms with Gasteiger partial charge in [-0.3, -0.25) is 0 Å². The first kappa shape index (κ1) is 16.2. The minimum atomic E-state index is -3.81. The lowest BCUT2D eigenvalue weighted by Gasteiger charge is -2.14. The van der Waals surface area contributed by atoms with Crippen molar-refractivity contribution in [1.82, 2.24) is 4.72 Å². The van der Waals surface area contributed by atoms with Gasteiger partial charge in [0, 0.05) is 11.6 Å². The Hall–Kier alpha value is -1.18. The van der Waals surface area contributed by atoms with E-state index in [4.69, 9.17) is 4.42 Å². The van der Waals surface area contributed by atoms with Crippen LogP contribution in [0.2, 0.25) is 0 Å². The molecule has 1 aromatic carbocycles. The van der Waals surface area contributed by atoms with Gasteiger partial charge in [0.05, 0.1) is 9.37 Å². The maximum absolute atomic E-state index is 13.5. The normalized spacial score (nSPS) is 13.4. The molecule has 1 N–H and O–H groups in total. The fourth-order valence-electron chi connectivity index (χ4n) is 2.09. The molecule has 0 saturated heterocycles. The third-order valence-corrected chi connectivity index (χ3v) is 5.26. The monoisotopic (exact) mass is 375 g/mol. The van der Waals surface area contributed by atoms with Crippen molar-refractivity contribution in [3.8, 4) is 0 Å². The van der Waals surface area contributed by atoms with Crippen molar-refractivity contribution < 1.29 is 17.2 Å². The molecular formula is C14H15BrFNO3S. The van der Waals surface area contributed by atoms with Crippen LogP contribution in [0.1, 0.15) is 30.0 Å². The Morgan fingerprint density at radius 1 is 1.29 bits per heavy atom. The van der Waals surface area contributed by atoms with Crippen molar-refractivity contribution in [2.75, 3.05) is 0 Å². The van der Waals surface area contributed by atoms with Gasteiger partial charge in [-0.2, -0.15) is 0 Å². The highest BCUT2D eigenvalue weighted by Crippen LogP contribution is 2.24. The second-order valence-electron chi connectivity index (χ2n) is 4.79. The maximum Gasteiger partial charge on any atom is 0.241 e. The zero-order chi connectivity index (χ0) is 15.8. The Labute approximate surface area is 131 Å². The van der Waals surface area contributed by atoms with Crippen LogP contribution in [0.3, 0.4) is 0 Å². The predicted octanol–water partition coefficient (Wildman–Crippen LogP) is 3.84. The minimum absolute atomic E-state index is 0.118. The van der Waals surface area contributed by atoms with Crippen molar-refractivity contribution in [1.29, 1.82) is 0 Å². The summed E-state index contributed by atoms with van der Waals surface area (Å²) in [5.74, 6) is 0.744. The third kappa shape index (κ3) is 3.53. The summed E-state index contributed by atoms with van der Waals surface area (Å²) in [6, 6.07) is 4.99. The number of halogens is 2. The van der Waals surface area contributed by atoms with E-state index in [1.165, 1.54) is 12.1 Å². The largest absolute Gasteiger partial charge is 0.466 e. The number of benzene rings is 1. The zero-order valence-electron chi connectivity index (χ0n) is 11.8. The summed E-state index contributed by atoms with van der Waals surface area (Å²) in [4.78, 5) is -0.118. The third-order valence-electron chi connectivity index (χ3n) is 3.08. The lowest BCUT2D eigenvalue weighted by molar-refractivity contribution is 0.496. The minimum Gasteiger partial charge on any atom is -0.466 e. The average Bonchev–Trinajstić information content (AvgIpc) is 2.71. The highest BCUT2D eigenvalue weighted by atomic mass is 79.9. The summed E-state index contributed by atoms with van der Waals surface area (Å²) in [6.07, 6.45) is 0. The molecule has 0 aliphatic rings. The summed E-state index contributed by atoms with van der Waals surface area (Å²) in [6.45, 7) is 5.28. The average molecular weight is 376 g/mol. The van der Waals surface area contributed by atoms with E-state index in [0.29, 0.717) is 11.5 Å². The first-order chi connectivity index (χ1) is 9.70. The number of hydrogen-bond acceptors (Lipinski definition) is 3. The standard InChI is InChI=1S/C14H15BrFNO3S/c1-8-6-12(10(3)20-8)9(2)17-21(18,19)11-4-5-13(15)14(16)7-11/h4-7,9,17H,1-3H3. The van der Waals surface area contributed by atoms with Crippen molar-refractivity contribution >= 4 is 26.0 Å². The molecule has 0 radical (unpaired) electrons. The first-order valence-electron chi connectivity index (χ1n) is 6.25. The molecular weight excluding hydrogens is 361 g/mol. The van der Waals surface area contributed by atoms with E-state index < -0.39 is 21.9 Å². The fraction of sp³-hybridized carbons (Fsp3) is 0.286. The molecule has 0 aliphatic heterocycles. The van der Waals surface area contributed by atoms with Gasteiger partial charge in [-0.1, -0.05) is 0 Å². The highest BCUT2D eigenvalue weighted by Gasteiger charge is 2.22. The van der Waals surface area contributed by atoms with Crippen LogP contribution in [0.25, 0.3) is 0 Å². The number of sulfonamides is 1. The van der Waals surface area contributed by atoms with Crippen molar-refractivity contribution in [2.45, 2.75) is 31.7 Å². The molecule has 4 nitrogen and oxygen atoms in total. The maximum atomic E-state index is 13.5. The summed E-state index contributed by atoms with van der Waals surface area (Å²) in [7, 11) is -3.81. The molecule has 0 saturated carbocycles. The summed E-state index contributed by atoms with van der Waals surface area (Å²) in [5, 5.41) is 0. The fourth-order valence-corrected chi connectivity index (χ4v) is 3.57. The van der Waals surface area contributed by atoms with Crippen LogP contribution in [0.15, 0.2) is 38.1 Å². The molecule has 1 unspecified atom stereocenters. The molecule has 0 spiro atoms. The molecule has 0 amide bonds. The van der Waals surface area contributed by atoms with Gasteiger partial charge in [0.25, 0.3) is 0 Å². The quantitative estimate of drug-likeness (QED) is 0.882.